The van der Waals surface area contributed by atoms with Crippen LogP contribution in [0.15, 0.2) is 29.2 Å². The van der Waals surface area contributed by atoms with Crippen LogP contribution in [0.2, 0.25) is 0 Å². The second-order valence-electron chi connectivity index (χ2n) is 6.23. The number of methoxy groups -OCH3 is 1. The smallest absolute Gasteiger partial charge is 0.294 e. The van der Waals surface area contributed by atoms with Crippen LogP contribution >= 0.6 is 11.8 Å². The minimum atomic E-state index is -0.426. The number of nitrogens with zero attached hydrogens (tertiary/aromatic N) is 3. The van der Waals surface area contributed by atoms with Crippen LogP contribution in [0.3, 0.4) is 0 Å². The summed E-state index contributed by atoms with van der Waals surface area (Å²) in [6, 6.07) is 7.22. The van der Waals surface area contributed by atoms with Gasteiger partial charge in [-0.1, -0.05) is 12.1 Å². The lowest BCUT2D eigenvalue weighted by molar-refractivity contribution is -0.137. The molecule has 2 saturated heterocycles. The number of rotatable bonds is 4. The van der Waals surface area contributed by atoms with E-state index < -0.39 is 11.1 Å². The molecule has 0 spiro atoms. The van der Waals surface area contributed by atoms with Gasteiger partial charge in [-0.15, -0.1) is 0 Å². The Balaban J connectivity index is 1.68. The number of imide groups is 1. The van der Waals surface area contributed by atoms with E-state index in [-0.39, 0.29) is 12.5 Å². The summed E-state index contributed by atoms with van der Waals surface area (Å²) in [6.07, 6.45) is 1.65. The number of amides is 3. The molecule has 2 aliphatic heterocycles. The standard InChI is InChI=1S/C18H21N3O4S/c1-19-6-8-20(9-7-19)16(22)12-21-17(23)15(26-18(21)24)11-13-4-3-5-14(10-13)25-2/h3-5,10-11H,6-9,12H2,1-2H3. The first-order valence-corrected chi connectivity index (χ1v) is 9.15. The lowest BCUT2D eigenvalue weighted by Crippen LogP contribution is -2.50. The van der Waals surface area contributed by atoms with E-state index in [1.54, 1.807) is 30.2 Å². The zero-order valence-corrected chi connectivity index (χ0v) is 15.6. The molecular weight excluding hydrogens is 354 g/mol. The van der Waals surface area contributed by atoms with Crippen molar-refractivity contribution in [3.63, 3.8) is 0 Å². The van der Waals surface area contributed by atoms with E-state index in [1.165, 1.54) is 0 Å². The van der Waals surface area contributed by atoms with Crippen molar-refractivity contribution in [1.82, 2.24) is 14.7 Å². The molecule has 1 aromatic rings. The second kappa shape index (κ2) is 7.92. The fraction of sp³-hybridized carbons (Fsp3) is 0.389. The number of hydrogen-bond donors (Lipinski definition) is 0. The third-order valence-electron chi connectivity index (χ3n) is 4.41. The van der Waals surface area contributed by atoms with Gasteiger partial charge in [-0.2, -0.15) is 0 Å². The predicted molar refractivity (Wildman–Crippen MR) is 99.7 cm³/mol. The van der Waals surface area contributed by atoms with Gasteiger partial charge in [0.25, 0.3) is 11.1 Å². The van der Waals surface area contributed by atoms with E-state index >= 15 is 0 Å². The Morgan fingerprint density at radius 3 is 2.65 bits per heavy atom. The highest BCUT2D eigenvalue weighted by molar-refractivity contribution is 8.18. The van der Waals surface area contributed by atoms with Crippen molar-refractivity contribution in [1.29, 1.82) is 0 Å². The van der Waals surface area contributed by atoms with Crippen molar-refractivity contribution in [3.8, 4) is 5.75 Å². The topological polar surface area (TPSA) is 70.2 Å². The van der Waals surface area contributed by atoms with E-state index in [9.17, 15) is 14.4 Å². The molecular formula is C18H21N3O4S. The summed E-state index contributed by atoms with van der Waals surface area (Å²) in [5.74, 6) is 0.0524. The molecule has 0 aromatic heterocycles. The van der Waals surface area contributed by atoms with Crippen LogP contribution in [0.25, 0.3) is 6.08 Å². The van der Waals surface area contributed by atoms with Crippen LogP contribution in [-0.2, 0) is 9.59 Å². The number of benzene rings is 1. The fourth-order valence-electron chi connectivity index (χ4n) is 2.81. The average Bonchev–Trinajstić information content (AvgIpc) is 2.90. The van der Waals surface area contributed by atoms with Gasteiger partial charge in [-0.3, -0.25) is 19.3 Å². The van der Waals surface area contributed by atoms with E-state index in [0.29, 0.717) is 23.7 Å². The van der Waals surface area contributed by atoms with Crippen LogP contribution in [0.4, 0.5) is 4.79 Å². The number of thioether (sulfide) groups is 1. The van der Waals surface area contributed by atoms with Crippen molar-refractivity contribution in [2.24, 2.45) is 0 Å². The normalized spacial score (nSPS) is 20.2. The van der Waals surface area contributed by atoms with Crippen LogP contribution < -0.4 is 4.74 Å². The van der Waals surface area contributed by atoms with E-state index in [4.69, 9.17) is 4.74 Å². The van der Waals surface area contributed by atoms with Crippen molar-refractivity contribution in [2.75, 3.05) is 46.9 Å². The van der Waals surface area contributed by atoms with Gasteiger partial charge in [0.05, 0.1) is 12.0 Å². The Morgan fingerprint density at radius 1 is 1.23 bits per heavy atom. The summed E-state index contributed by atoms with van der Waals surface area (Å²) in [4.78, 5) is 42.4. The maximum Gasteiger partial charge on any atom is 0.294 e. The largest absolute Gasteiger partial charge is 0.497 e. The second-order valence-corrected chi connectivity index (χ2v) is 7.22. The maximum absolute atomic E-state index is 12.6. The number of carbonyl (C=O) groups is 3. The molecule has 0 saturated carbocycles. The van der Waals surface area contributed by atoms with Gasteiger partial charge in [0, 0.05) is 26.2 Å². The molecule has 2 heterocycles. The molecule has 3 rings (SSSR count). The molecule has 0 radical (unpaired) electrons. The van der Waals surface area contributed by atoms with Crippen molar-refractivity contribution >= 4 is 34.9 Å². The number of carbonyl (C=O) groups excluding carboxylic acids is 3. The van der Waals surface area contributed by atoms with Gasteiger partial charge < -0.3 is 14.5 Å². The summed E-state index contributed by atoms with van der Waals surface area (Å²) >= 11 is 0.858. The van der Waals surface area contributed by atoms with Crippen LogP contribution in [0.1, 0.15) is 5.56 Å². The Hall–Kier alpha value is -2.32. The predicted octanol–water partition coefficient (Wildman–Crippen LogP) is 1.51. The monoisotopic (exact) mass is 375 g/mol. The minimum Gasteiger partial charge on any atom is -0.497 e. The van der Waals surface area contributed by atoms with Gasteiger partial charge in [0.2, 0.25) is 5.91 Å². The summed E-state index contributed by atoms with van der Waals surface area (Å²) in [5.41, 5.74) is 0.764. The van der Waals surface area contributed by atoms with Gasteiger partial charge in [0.15, 0.2) is 0 Å². The first-order chi connectivity index (χ1) is 12.5. The van der Waals surface area contributed by atoms with Gasteiger partial charge in [-0.05, 0) is 42.6 Å². The molecule has 0 bridgehead atoms. The van der Waals surface area contributed by atoms with Gasteiger partial charge >= 0.3 is 0 Å². The highest BCUT2D eigenvalue weighted by atomic mass is 32.2. The molecule has 0 aliphatic carbocycles. The van der Waals surface area contributed by atoms with Crippen LogP contribution in [0, 0.1) is 0 Å². The van der Waals surface area contributed by atoms with Crippen molar-refractivity contribution in [2.45, 2.75) is 0 Å². The lowest BCUT2D eigenvalue weighted by Gasteiger charge is -2.33. The average molecular weight is 375 g/mol. The Morgan fingerprint density at radius 2 is 1.96 bits per heavy atom. The van der Waals surface area contributed by atoms with Crippen molar-refractivity contribution in [3.05, 3.63) is 34.7 Å². The summed E-state index contributed by atoms with van der Waals surface area (Å²) < 4.78 is 5.16. The van der Waals surface area contributed by atoms with Gasteiger partial charge in [0.1, 0.15) is 12.3 Å². The highest BCUT2D eigenvalue weighted by Crippen LogP contribution is 2.32. The number of hydrogen-bond acceptors (Lipinski definition) is 6. The van der Waals surface area contributed by atoms with E-state index in [2.05, 4.69) is 4.90 Å². The highest BCUT2D eigenvalue weighted by Gasteiger charge is 2.37. The molecule has 0 N–H and O–H groups in total. The zero-order chi connectivity index (χ0) is 18.7. The number of ether oxygens (including phenoxy) is 1. The summed E-state index contributed by atoms with van der Waals surface area (Å²) in [7, 11) is 3.57. The molecule has 0 unspecified atom stereocenters. The molecule has 138 valence electrons. The Kier molecular flexibility index (Phi) is 5.63. The molecule has 7 nitrogen and oxygen atoms in total. The molecule has 2 fully saturated rings. The molecule has 3 amide bonds. The molecule has 1 aromatic carbocycles. The zero-order valence-electron chi connectivity index (χ0n) is 14.8. The molecule has 2 aliphatic rings. The van der Waals surface area contributed by atoms with E-state index in [0.717, 1.165) is 35.3 Å². The van der Waals surface area contributed by atoms with E-state index in [1.807, 2.05) is 19.2 Å². The van der Waals surface area contributed by atoms with Crippen LogP contribution in [-0.4, -0.2) is 78.6 Å². The van der Waals surface area contributed by atoms with Gasteiger partial charge in [-0.25, -0.2) is 0 Å². The lowest BCUT2D eigenvalue weighted by atomic mass is 10.2. The summed E-state index contributed by atoms with van der Waals surface area (Å²) in [5, 5.41) is -0.411. The SMILES string of the molecule is COc1cccc(C=C2SC(=O)N(CC(=O)N3CCN(C)CC3)C2=O)c1. The van der Waals surface area contributed by atoms with Crippen molar-refractivity contribution < 1.29 is 19.1 Å². The minimum absolute atomic E-state index is 0.192. The first-order valence-electron chi connectivity index (χ1n) is 8.33. The Bertz CT molecular complexity index is 757. The quantitative estimate of drug-likeness (QED) is 0.743. The summed E-state index contributed by atoms with van der Waals surface area (Å²) in [6.45, 7) is 2.62. The molecule has 26 heavy (non-hydrogen) atoms. The Labute approximate surface area is 156 Å². The molecule has 8 heteroatoms. The molecule has 0 atom stereocenters. The first kappa shape index (κ1) is 18.5. The maximum atomic E-state index is 12.6. The fourth-order valence-corrected chi connectivity index (χ4v) is 3.65. The van der Waals surface area contributed by atoms with Crippen LogP contribution in [0.5, 0.6) is 5.75 Å². The third kappa shape index (κ3) is 4.08. The number of likely N-dealkylation sites (N-methyl/N-ethyl adjacent to an activating group) is 1. The third-order valence-corrected chi connectivity index (χ3v) is 5.32. The number of piperazine rings is 1.